The van der Waals surface area contributed by atoms with Crippen molar-refractivity contribution in [2.24, 2.45) is 0 Å². The van der Waals surface area contributed by atoms with Crippen LogP contribution >= 0.6 is 0 Å². The van der Waals surface area contributed by atoms with Gasteiger partial charge in [-0.1, -0.05) is 90.4 Å². The predicted octanol–water partition coefficient (Wildman–Crippen LogP) is 0.777. The van der Waals surface area contributed by atoms with E-state index in [2.05, 4.69) is 111 Å². The molecule has 0 nitrogen and oxygen atoms in total. The Hall–Kier alpha value is -1.53. The minimum atomic E-state index is 0. The Bertz CT molecular complexity index is 1080. The molecule has 0 bridgehead atoms. The van der Waals surface area contributed by atoms with Gasteiger partial charge in [0.15, 0.2) is 0 Å². The smallest absolute Gasteiger partial charge is 0.00116 e. The molecule has 0 fully saturated rings. The van der Waals surface area contributed by atoms with Crippen LogP contribution in [0.3, 0.4) is 0 Å². The Morgan fingerprint density at radius 1 is 0.774 bits per heavy atom. The summed E-state index contributed by atoms with van der Waals surface area (Å²) >= 11 is 1.55. The largest absolute Gasteiger partial charge is 1.00 e. The molecule has 31 heavy (non-hydrogen) atoms. The van der Waals surface area contributed by atoms with Crippen molar-refractivity contribution in [1.29, 1.82) is 0 Å². The summed E-state index contributed by atoms with van der Waals surface area (Å²) in [6, 6.07) is 28.3. The number of hydrogen-bond donors (Lipinski definition) is 0. The maximum Gasteiger partial charge on any atom is -0.00116 e. The summed E-state index contributed by atoms with van der Waals surface area (Å²) in [4.78, 5) is 0. The number of rotatable bonds is 3. The number of hydrogen-bond acceptors (Lipinski definition) is 0. The van der Waals surface area contributed by atoms with Gasteiger partial charge in [0.05, 0.1) is 0 Å². The van der Waals surface area contributed by atoms with Gasteiger partial charge in [0.25, 0.3) is 0 Å². The van der Waals surface area contributed by atoms with E-state index in [4.69, 9.17) is 0 Å². The Kier molecular flexibility index (Phi) is 9.89. The van der Waals surface area contributed by atoms with Crippen LogP contribution in [-0.4, -0.2) is 3.21 Å². The van der Waals surface area contributed by atoms with Crippen LogP contribution in [0.2, 0.25) is 0 Å². The monoisotopic (exact) mass is 521 g/mol. The standard InChI is InChI=1S/C25H19.C3H6.2ClH.Zr/c1-2-8-18(9-3-1)16-21-17-20-11-5-7-13-23(20)25(21)24-15-14-19-10-4-6-12-22(19)24;1-3-2;;;/h1-14,17,24-25H,16H2;1-2H3;2*1H;/q-1;;;;+2/p-2. The Morgan fingerprint density at radius 2 is 1.32 bits per heavy atom. The maximum absolute atomic E-state index is 3.65. The molecule has 0 heterocycles. The van der Waals surface area contributed by atoms with Crippen molar-refractivity contribution in [1.82, 2.24) is 0 Å². The van der Waals surface area contributed by atoms with Crippen LogP contribution in [0.5, 0.6) is 0 Å². The number of fused-ring (bicyclic) bond motifs is 2. The van der Waals surface area contributed by atoms with Crippen molar-refractivity contribution < 1.29 is 49.0 Å². The first kappa shape index (κ1) is 25.7. The van der Waals surface area contributed by atoms with Crippen molar-refractivity contribution in [3.05, 3.63) is 118 Å². The molecule has 2 aliphatic carbocycles. The molecule has 0 spiro atoms. The van der Waals surface area contributed by atoms with Crippen molar-refractivity contribution >= 4 is 15.4 Å². The summed E-state index contributed by atoms with van der Waals surface area (Å²) in [6.07, 6.45) is 9.22. The zero-order chi connectivity index (χ0) is 20.2. The normalized spacial score (nSPS) is 17.2. The average molecular weight is 524 g/mol. The maximum atomic E-state index is 3.65. The van der Waals surface area contributed by atoms with Gasteiger partial charge >= 0.3 is 41.3 Å². The van der Waals surface area contributed by atoms with Gasteiger partial charge in [0.2, 0.25) is 0 Å². The van der Waals surface area contributed by atoms with E-state index in [1.165, 1.54) is 36.6 Å². The summed E-state index contributed by atoms with van der Waals surface area (Å²) in [5.74, 6) is 0.700. The summed E-state index contributed by atoms with van der Waals surface area (Å²) in [7, 11) is 0. The van der Waals surface area contributed by atoms with Gasteiger partial charge in [-0.05, 0) is 29.0 Å². The van der Waals surface area contributed by atoms with Gasteiger partial charge in [0.1, 0.15) is 0 Å². The average Bonchev–Trinajstić information content (AvgIpc) is 3.29. The van der Waals surface area contributed by atoms with Crippen LogP contribution in [0.25, 0.3) is 12.2 Å². The molecule has 3 heteroatoms. The first-order valence-electron chi connectivity index (χ1n) is 10.2. The predicted molar refractivity (Wildman–Crippen MR) is 121 cm³/mol. The van der Waals surface area contributed by atoms with E-state index in [1.807, 2.05) is 0 Å². The first-order valence-corrected chi connectivity index (χ1v) is 11.4. The van der Waals surface area contributed by atoms with Gasteiger partial charge in [-0.25, -0.2) is 6.08 Å². The van der Waals surface area contributed by atoms with Crippen LogP contribution in [0.4, 0.5) is 0 Å². The molecule has 5 rings (SSSR count). The third kappa shape index (κ3) is 6.04. The van der Waals surface area contributed by atoms with E-state index in [-0.39, 0.29) is 24.8 Å². The molecular formula is C28H25Cl2Zr-. The van der Waals surface area contributed by atoms with Crippen LogP contribution in [0.15, 0.2) is 84.4 Å². The molecule has 0 aliphatic heterocycles. The molecule has 0 N–H and O–H groups in total. The quantitative estimate of drug-likeness (QED) is 0.446. The Labute approximate surface area is 213 Å². The van der Waals surface area contributed by atoms with E-state index in [1.54, 1.807) is 24.2 Å². The number of allylic oxidation sites excluding steroid dienone is 2. The summed E-state index contributed by atoms with van der Waals surface area (Å²) < 4.78 is 1.51. The van der Waals surface area contributed by atoms with Gasteiger partial charge in [-0.2, -0.15) is 5.56 Å². The minimum Gasteiger partial charge on any atom is -1.00 e. The van der Waals surface area contributed by atoms with Crippen molar-refractivity contribution in [3.8, 4) is 0 Å². The van der Waals surface area contributed by atoms with Crippen molar-refractivity contribution in [3.63, 3.8) is 0 Å². The molecular weight excluding hydrogens is 498 g/mol. The fourth-order valence-corrected chi connectivity index (χ4v) is 4.27. The van der Waals surface area contributed by atoms with Gasteiger partial charge < -0.3 is 24.8 Å². The van der Waals surface area contributed by atoms with Gasteiger partial charge in [0, 0.05) is 0 Å². The molecule has 0 saturated carbocycles. The van der Waals surface area contributed by atoms with E-state index in [9.17, 15) is 0 Å². The van der Waals surface area contributed by atoms with Crippen molar-refractivity contribution in [2.75, 3.05) is 0 Å². The molecule has 156 valence electrons. The molecule has 0 saturated heterocycles. The Balaban J connectivity index is 0.000000527. The summed E-state index contributed by atoms with van der Waals surface area (Å²) in [5.41, 5.74) is 8.40. The molecule has 2 unspecified atom stereocenters. The van der Waals surface area contributed by atoms with E-state index in [0.717, 1.165) is 6.42 Å². The third-order valence-electron chi connectivity index (χ3n) is 5.41. The fraction of sp³-hybridized carbons (Fsp3) is 0.179. The fourth-order valence-electron chi connectivity index (χ4n) is 4.27. The third-order valence-corrected chi connectivity index (χ3v) is 5.41. The molecule has 0 amide bonds. The van der Waals surface area contributed by atoms with Crippen LogP contribution in [-0.2, 0) is 30.7 Å². The van der Waals surface area contributed by atoms with E-state index < -0.39 is 0 Å². The van der Waals surface area contributed by atoms with Gasteiger partial charge in [-0.3, -0.25) is 6.08 Å². The molecule has 2 atom stereocenters. The molecule has 0 radical (unpaired) electrons. The zero-order valence-electron chi connectivity index (χ0n) is 17.8. The number of halogens is 2. The van der Waals surface area contributed by atoms with Crippen LogP contribution in [0, 0.1) is 6.08 Å². The van der Waals surface area contributed by atoms with Crippen LogP contribution < -0.4 is 24.8 Å². The zero-order valence-corrected chi connectivity index (χ0v) is 21.7. The van der Waals surface area contributed by atoms with Gasteiger partial charge in [-0.15, -0.1) is 11.6 Å². The number of benzene rings is 3. The summed E-state index contributed by atoms with van der Waals surface area (Å²) in [6.45, 7) is 4.25. The minimum absolute atomic E-state index is 0. The second kappa shape index (κ2) is 11.9. The molecule has 0 aromatic heterocycles. The Morgan fingerprint density at radius 3 is 2.00 bits per heavy atom. The topological polar surface area (TPSA) is 0 Å². The van der Waals surface area contributed by atoms with Crippen molar-refractivity contribution in [2.45, 2.75) is 32.1 Å². The second-order valence-corrected chi connectivity index (χ2v) is 10.4. The first-order chi connectivity index (χ1) is 14.1. The molecule has 3 aromatic rings. The van der Waals surface area contributed by atoms with E-state index >= 15 is 0 Å². The second-order valence-electron chi connectivity index (χ2n) is 7.91. The molecule has 3 aromatic carbocycles. The van der Waals surface area contributed by atoms with Crippen LogP contribution in [0.1, 0.15) is 53.5 Å². The SMILES string of the molecule is C[C](C)=[Zr+2].[C-]1=Cc2ccccc2C1C1C(Cc2ccccc2)=Cc2ccccc21.[Cl-].[Cl-]. The van der Waals surface area contributed by atoms with E-state index in [0.29, 0.717) is 11.8 Å². The summed E-state index contributed by atoms with van der Waals surface area (Å²) in [5, 5.41) is 0. The molecule has 2 aliphatic rings.